The van der Waals surface area contributed by atoms with Gasteiger partial charge in [-0.05, 0) is 17.7 Å². The Hall–Kier alpha value is -1.26. The molecule has 4 heteroatoms. The van der Waals surface area contributed by atoms with Gasteiger partial charge < -0.3 is 20.4 Å². The maximum Gasteiger partial charge on any atom is 0.119 e. The standard InChI is InChI=1S/C8H10O4/c9-4-8(12)5-1-6(10)3-7(11)2-5/h1-3,8-12H,4H2. The van der Waals surface area contributed by atoms with Gasteiger partial charge in [0.15, 0.2) is 0 Å². The Labute approximate surface area is 69.3 Å². The van der Waals surface area contributed by atoms with Gasteiger partial charge >= 0.3 is 0 Å². The molecule has 0 saturated carbocycles. The minimum absolute atomic E-state index is 0.141. The number of benzene rings is 1. The second-order valence-electron chi connectivity index (χ2n) is 2.48. The Morgan fingerprint density at radius 2 is 1.58 bits per heavy atom. The number of rotatable bonds is 2. The second kappa shape index (κ2) is 3.42. The lowest BCUT2D eigenvalue weighted by Crippen LogP contribution is -2.01. The Balaban J connectivity index is 3.00. The maximum atomic E-state index is 9.11. The first-order valence-corrected chi connectivity index (χ1v) is 3.45. The van der Waals surface area contributed by atoms with Gasteiger partial charge in [-0.3, -0.25) is 0 Å². The molecule has 1 aromatic rings. The van der Waals surface area contributed by atoms with Crippen LogP contribution in [0.15, 0.2) is 18.2 Å². The van der Waals surface area contributed by atoms with Crippen LogP contribution in [0.4, 0.5) is 0 Å². The first kappa shape index (κ1) is 8.83. The van der Waals surface area contributed by atoms with Crippen molar-refractivity contribution in [1.29, 1.82) is 0 Å². The molecule has 0 aromatic heterocycles. The van der Waals surface area contributed by atoms with Gasteiger partial charge in [0.25, 0.3) is 0 Å². The zero-order valence-corrected chi connectivity index (χ0v) is 6.31. The molecule has 0 spiro atoms. The summed E-state index contributed by atoms with van der Waals surface area (Å²) in [6.07, 6.45) is -1.07. The zero-order valence-electron chi connectivity index (χ0n) is 6.31. The highest BCUT2D eigenvalue weighted by atomic mass is 16.3. The van der Waals surface area contributed by atoms with Gasteiger partial charge in [-0.2, -0.15) is 0 Å². The van der Waals surface area contributed by atoms with Crippen LogP contribution >= 0.6 is 0 Å². The summed E-state index contributed by atoms with van der Waals surface area (Å²) in [4.78, 5) is 0. The molecule has 0 aliphatic rings. The third-order valence-corrected chi connectivity index (χ3v) is 1.48. The van der Waals surface area contributed by atoms with Gasteiger partial charge in [0.05, 0.1) is 6.61 Å². The summed E-state index contributed by atoms with van der Waals surface area (Å²) in [5.41, 5.74) is 0.287. The summed E-state index contributed by atoms with van der Waals surface area (Å²) in [7, 11) is 0. The Kier molecular flexibility index (Phi) is 2.52. The van der Waals surface area contributed by atoms with E-state index in [-0.39, 0.29) is 17.1 Å². The van der Waals surface area contributed by atoms with Crippen LogP contribution in [-0.2, 0) is 0 Å². The van der Waals surface area contributed by atoms with E-state index in [0.717, 1.165) is 6.07 Å². The van der Waals surface area contributed by atoms with Crippen molar-refractivity contribution in [3.8, 4) is 11.5 Å². The summed E-state index contributed by atoms with van der Waals surface area (Å²) in [6.45, 7) is -0.442. The summed E-state index contributed by atoms with van der Waals surface area (Å²) >= 11 is 0. The molecule has 1 unspecified atom stereocenters. The molecule has 66 valence electrons. The van der Waals surface area contributed by atoms with E-state index in [1.807, 2.05) is 0 Å². The van der Waals surface area contributed by atoms with Crippen molar-refractivity contribution < 1.29 is 20.4 Å². The molecule has 0 aliphatic carbocycles. The molecular formula is C8H10O4. The monoisotopic (exact) mass is 170 g/mol. The lowest BCUT2D eigenvalue weighted by atomic mass is 10.1. The van der Waals surface area contributed by atoms with Gasteiger partial charge in [-0.25, -0.2) is 0 Å². The summed E-state index contributed by atoms with van der Waals surface area (Å²) < 4.78 is 0. The Bertz CT molecular complexity index is 252. The van der Waals surface area contributed by atoms with E-state index in [0.29, 0.717) is 0 Å². The summed E-state index contributed by atoms with van der Waals surface area (Å²) in [5.74, 6) is -0.282. The molecule has 0 radical (unpaired) electrons. The fraction of sp³-hybridized carbons (Fsp3) is 0.250. The fourth-order valence-electron chi connectivity index (χ4n) is 0.916. The van der Waals surface area contributed by atoms with E-state index in [4.69, 9.17) is 20.4 Å². The van der Waals surface area contributed by atoms with Crippen molar-refractivity contribution in [2.45, 2.75) is 6.10 Å². The average Bonchev–Trinajstić information content (AvgIpc) is 2.01. The first-order chi connectivity index (χ1) is 5.63. The van der Waals surface area contributed by atoms with Crippen LogP contribution in [0.2, 0.25) is 0 Å². The first-order valence-electron chi connectivity index (χ1n) is 3.45. The molecular weight excluding hydrogens is 160 g/mol. The number of phenols is 2. The highest BCUT2D eigenvalue weighted by Crippen LogP contribution is 2.24. The van der Waals surface area contributed by atoms with Crippen molar-refractivity contribution in [2.75, 3.05) is 6.61 Å². The van der Waals surface area contributed by atoms with E-state index in [9.17, 15) is 0 Å². The minimum Gasteiger partial charge on any atom is -0.508 e. The molecule has 0 fully saturated rings. The molecule has 0 heterocycles. The normalized spacial score (nSPS) is 12.8. The number of phenolic OH excluding ortho intramolecular Hbond substituents is 2. The number of aromatic hydroxyl groups is 2. The second-order valence-corrected chi connectivity index (χ2v) is 2.48. The molecule has 4 N–H and O–H groups in total. The van der Waals surface area contributed by atoms with Gasteiger partial charge in [-0.15, -0.1) is 0 Å². The number of aliphatic hydroxyl groups is 2. The molecule has 1 rings (SSSR count). The van der Waals surface area contributed by atoms with Crippen LogP contribution < -0.4 is 0 Å². The number of aliphatic hydroxyl groups excluding tert-OH is 2. The van der Waals surface area contributed by atoms with Gasteiger partial charge in [0.2, 0.25) is 0 Å². The molecule has 0 aliphatic heterocycles. The highest BCUT2D eigenvalue weighted by Gasteiger charge is 2.07. The highest BCUT2D eigenvalue weighted by molar-refractivity contribution is 5.37. The molecule has 0 amide bonds. The number of hydrogen-bond acceptors (Lipinski definition) is 4. The SMILES string of the molecule is OCC(O)c1cc(O)cc(O)c1. The molecule has 0 bridgehead atoms. The van der Waals surface area contributed by atoms with Crippen LogP contribution in [0, 0.1) is 0 Å². The van der Waals surface area contributed by atoms with E-state index in [1.54, 1.807) is 0 Å². The van der Waals surface area contributed by atoms with Crippen molar-refractivity contribution >= 4 is 0 Å². The molecule has 12 heavy (non-hydrogen) atoms. The van der Waals surface area contributed by atoms with Crippen molar-refractivity contribution in [2.24, 2.45) is 0 Å². The third kappa shape index (κ3) is 1.87. The van der Waals surface area contributed by atoms with E-state index < -0.39 is 12.7 Å². The molecule has 0 saturated heterocycles. The summed E-state index contributed by atoms with van der Waals surface area (Å²) in [5, 5.41) is 35.6. The lowest BCUT2D eigenvalue weighted by molar-refractivity contribution is 0.0952. The van der Waals surface area contributed by atoms with E-state index >= 15 is 0 Å². The van der Waals surface area contributed by atoms with Crippen molar-refractivity contribution in [3.63, 3.8) is 0 Å². The minimum atomic E-state index is -1.07. The van der Waals surface area contributed by atoms with Crippen LogP contribution in [0.1, 0.15) is 11.7 Å². The Morgan fingerprint density at radius 3 is 2.00 bits per heavy atom. The fourth-order valence-corrected chi connectivity index (χ4v) is 0.916. The zero-order chi connectivity index (χ0) is 9.14. The topological polar surface area (TPSA) is 80.9 Å². The predicted molar refractivity (Wildman–Crippen MR) is 41.8 cm³/mol. The van der Waals surface area contributed by atoms with Crippen LogP contribution in [0.3, 0.4) is 0 Å². The third-order valence-electron chi connectivity index (χ3n) is 1.48. The summed E-state index contributed by atoms with van der Waals surface area (Å²) in [6, 6.07) is 3.70. The molecule has 4 nitrogen and oxygen atoms in total. The van der Waals surface area contributed by atoms with Crippen LogP contribution in [0.5, 0.6) is 11.5 Å². The van der Waals surface area contributed by atoms with Crippen molar-refractivity contribution in [3.05, 3.63) is 23.8 Å². The van der Waals surface area contributed by atoms with E-state index in [1.165, 1.54) is 12.1 Å². The maximum absolute atomic E-state index is 9.11. The van der Waals surface area contributed by atoms with E-state index in [2.05, 4.69) is 0 Å². The lowest BCUT2D eigenvalue weighted by Gasteiger charge is -2.07. The van der Waals surface area contributed by atoms with Crippen LogP contribution in [0.25, 0.3) is 0 Å². The average molecular weight is 170 g/mol. The van der Waals surface area contributed by atoms with Gasteiger partial charge in [0.1, 0.15) is 17.6 Å². The van der Waals surface area contributed by atoms with Gasteiger partial charge in [-0.1, -0.05) is 0 Å². The Morgan fingerprint density at radius 1 is 1.08 bits per heavy atom. The quantitative estimate of drug-likeness (QED) is 0.508. The largest absolute Gasteiger partial charge is 0.508 e. The van der Waals surface area contributed by atoms with Crippen LogP contribution in [-0.4, -0.2) is 27.0 Å². The van der Waals surface area contributed by atoms with Gasteiger partial charge in [0, 0.05) is 6.07 Å². The predicted octanol–water partition coefficient (Wildman–Crippen LogP) is 0.123. The molecule has 1 aromatic carbocycles. The number of hydrogen-bond donors (Lipinski definition) is 4. The molecule has 1 atom stereocenters. The van der Waals surface area contributed by atoms with Crippen molar-refractivity contribution in [1.82, 2.24) is 0 Å². The smallest absolute Gasteiger partial charge is 0.119 e.